The summed E-state index contributed by atoms with van der Waals surface area (Å²) in [4.78, 5) is 14.0. The smallest absolute Gasteiger partial charge is 0.258 e. The molecule has 0 unspecified atom stereocenters. The van der Waals surface area contributed by atoms with Gasteiger partial charge in [0.2, 0.25) is 0 Å². The van der Waals surface area contributed by atoms with Gasteiger partial charge in [-0.2, -0.15) is 0 Å². The van der Waals surface area contributed by atoms with Gasteiger partial charge in [-0.3, -0.25) is 4.79 Å². The Kier molecular flexibility index (Phi) is 3.97. The number of nitrogens with zero attached hydrogens (tertiary/aromatic N) is 1. The Morgan fingerprint density at radius 1 is 1.16 bits per heavy atom. The van der Waals surface area contributed by atoms with Gasteiger partial charge in [-0.15, -0.1) is 0 Å². The molecule has 1 amide bonds. The normalized spacial score (nSPS) is 10.3. The Morgan fingerprint density at radius 3 is 2.47 bits per heavy atom. The first kappa shape index (κ1) is 13.3. The number of rotatable bonds is 3. The highest BCUT2D eigenvalue weighted by Crippen LogP contribution is 2.17. The lowest BCUT2D eigenvalue weighted by Crippen LogP contribution is -2.26. The van der Waals surface area contributed by atoms with Crippen molar-refractivity contribution in [1.82, 2.24) is 0 Å². The number of benzene rings is 2. The van der Waals surface area contributed by atoms with Crippen LogP contribution < -0.4 is 10.6 Å². The Hall–Kier alpha value is -2.13. The Bertz CT molecular complexity index is 576. The fourth-order valence-corrected chi connectivity index (χ4v) is 1.90. The fraction of sp³-hybridized carbons (Fsp3) is 0.188. The predicted molar refractivity (Wildman–Crippen MR) is 78.2 cm³/mol. The molecular weight excluding hydrogens is 236 g/mol. The van der Waals surface area contributed by atoms with Crippen LogP contribution in [0, 0.1) is 6.92 Å². The van der Waals surface area contributed by atoms with Crippen LogP contribution in [0.3, 0.4) is 0 Å². The Balaban J connectivity index is 2.25. The molecule has 0 spiro atoms. The summed E-state index contributed by atoms with van der Waals surface area (Å²) in [5.74, 6) is -0.0193. The maximum Gasteiger partial charge on any atom is 0.258 e. The number of hydrogen-bond donors (Lipinski definition) is 1. The van der Waals surface area contributed by atoms with E-state index in [2.05, 4.69) is 0 Å². The fourth-order valence-electron chi connectivity index (χ4n) is 1.90. The lowest BCUT2D eigenvalue weighted by atomic mass is 10.1. The third-order valence-corrected chi connectivity index (χ3v) is 3.14. The van der Waals surface area contributed by atoms with E-state index in [1.165, 1.54) is 0 Å². The molecule has 0 aliphatic heterocycles. The van der Waals surface area contributed by atoms with Crippen molar-refractivity contribution in [1.29, 1.82) is 0 Å². The van der Waals surface area contributed by atoms with E-state index in [0.29, 0.717) is 12.1 Å². The van der Waals surface area contributed by atoms with Crippen molar-refractivity contribution in [3.05, 3.63) is 65.2 Å². The van der Waals surface area contributed by atoms with Crippen LogP contribution in [0.15, 0.2) is 48.5 Å². The molecular formula is C16H18N2O. The molecule has 0 radical (unpaired) electrons. The molecule has 0 saturated heterocycles. The van der Waals surface area contributed by atoms with E-state index in [4.69, 9.17) is 5.73 Å². The topological polar surface area (TPSA) is 46.3 Å². The molecule has 0 bridgehead atoms. The average Bonchev–Trinajstić information content (AvgIpc) is 2.46. The van der Waals surface area contributed by atoms with Gasteiger partial charge in [0.1, 0.15) is 0 Å². The molecule has 0 heterocycles. The van der Waals surface area contributed by atoms with E-state index in [9.17, 15) is 4.79 Å². The van der Waals surface area contributed by atoms with Gasteiger partial charge in [-0.1, -0.05) is 29.8 Å². The van der Waals surface area contributed by atoms with Gasteiger partial charge < -0.3 is 10.6 Å². The van der Waals surface area contributed by atoms with Crippen molar-refractivity contribution in [3.63, 3.8) is 0 Å². The lowest BCUT2D eigenvalue weighted by Gasteiger charge is -2.18. The zero-order chi connectivity index (χ0) is 13.8. The number of amides is 1. The number of carbonyl (C=O) groups is 1. The standard InChI is InChI=1S/C16H18N2O/c1-12-6-8-14(9-7-12)16(19)18(2)15-5-3-4-13(10-15)11-17/h3-10H,11,17H2,1-2H3. The van der Waals surface area contributed by atoms with E-state index in [-0.39, 0.29) is 5.91 Å². The summed E-state index contributed by atoms with van der Waals surface area (Å²) in [6.45, 7) is 2.48. The van der Waals surface area contributed by atoms with Crippen LogP contribution in [0.5, 0.6) is 0 Å². The SMILES string of the molecule is Cc1ccc(C(=O)N(C)c2cccc(CN)c2)cc1. The van der Waals surface area contributed by atoms with Gasteiger partial charge in [0.25, 0.3) is 5.91 Å². The quantitative estimate of drug-likeness (QED) is 0.915. The third-order valence-electron chi connectivity index (χ3n) is 3.14. The molecule has 3 nitrogen and oxygen atoms in total. The lowest BCUT2D eigenvalue weighted by molar-refractivity contribution is 0.0993. The largest absolute Gasteiger partial charge is 0.326 e. The molecule has 0 fully saturated rings. The number of carbonyl (C=O) groups excluding carboxylic acids is 1. The molecule has 0 aliphatic rings. The van der Waals surface area contributed by atoms with Crippen LogP contribution in [0.4, 0.5) is 5.69 Å². The Morgan fingerprint density at radius 2 is 1.84 bits per heavy atom. The van der Waals surface area contributed by atoms with Crippen molar-refractivity contribution < 1.29 is 4.79 Å². The van der Waals surface area contributed by atoms with Crippen molar-refractivity contribution in [2.45, 2.75) is 13.5 Å². The van der Waals surface area contributed by atoms with Crippen molar-refractivity contribution >= 4 is 11.6 Å². The van der Waals surface area contributed by atoms with Gasteiger partial charge in [-0.05, 0) is 36.8 Å². The zero-order valence-corrected chi connectivity index (χ0v) is 11.3. The number of aryl methyl sites for hydroxylation is 1. The maximum atomic E-state index is 12.4. The summed E-state index contributed by atoms with van der Waals surface area (Å²) in [6, 6.07) is 15.3. The van der Waals surface area contributed by atoms with E-state index in [0.717, 1.165) is 16.8 Å². The second-order valence-corrected chi connectivity index (χ2v) is 4.60. The van der Waals surface area contributed by atoms with Crippen LogP contribution in [0.2, 0.25) is 0 Å². The first-order chi connectivity index (χ1) is 9.11. The second kappa shape index (κ2) is 5.67. The molecule has 0 aromatic heterocycles. The molecule has 0 saturated carbocycles. The number of nitrogens with two attached hydrogens (primary N) is 1. The van der Waals surface area contributed by atoms with Crippen LogP contribution in [0.1, 0.15) is 21.5 Å². The average molecular weight is 254 g/mol. The highest BCUT2D eigenvalue weighted by molar-refractivity contribution is 6.05. The van der Waals surface area contributed by atoms with Gasteiger partial charge in [-0.25, -0.2) is 0 Å². The molecule has 98 valence electrons. The summed E-state index contributed by atoms with van der Waals surface area (Å²) in [5.41, 5.74) is 9.32. The third kappa shape index (κ3) is 3.01. The summed E-state index contributed by atoms with van der Waals surface area (Å²) >= 11 is 0. The van der Waals surface area contributed by atoms with Crippen LogP contribution in [0.25, 0.3) is 0 Å². The van der Waals surface area contributed by atoms with Gasteiger partial charge >= 0.3 is 0 Å². The zero-order valence-electron chi connectivity index (χ0n) is 11.3. The van der Waals surface area contributed by atoms with Crippen LogP contribution in [-0.2, 0) is 6.54 Å². The maximum absolute atomic E-state index is 12.4. The molecule has 19 heavy (non-hydrogen) atoms. The summed E-state index contributed by atoms with van der Waals surface area (Å²) in [7, 11) is 1.78. The van der Waals surface area contributed by atoms with Gasteiger partial charge in [0.05, 0.1) is 0 Å². The number of hydrogen-bond acceptors (Lipinski definition) is 2. The molecule has 2 aromatic carbocycles. The molecule has 2 N–H and O–H groups in total. The minimum atomic E-state index is -0.0193. The minimum Gasteiger partial charge on any atom is -0.326 e. The molecule has 0 aliphatic carbocycles. The predicted octanol–water partition coefficient (Wildman–Crippen LogP) is 2.73. The van der Waals surface area contributed by atoms with Crippen molar-refractivity contribution in [2.75, 3.05) is 11.9 Å². The second-order valence-electron chi connectivity index (χ2n) is 4.60. The first-order valence-corrected chi connectivity index (χ1v) is 6.25. The highest BCUT2D eigenvalue weighted by Gasteiger charge is 2.13. The molecule has 2 rings (SSSR count). The summed E-state index contributed by atoms with van der Waals surface area (Å²) in [6.07, 6.45) is 0. The van der Waals surface area contributed by atoms with E-state index >= 15 is 0 Å². The van der Waals surface area contributed by atoms with Gasteiger partial charge in [0, 0.05) is 24.8 Å². The van der Waals surface area contributed by atoms with E-state index < -0.39 is 0 Å². The summed E-state index contributed by atoms with van der Waals surface area (Å²) < 4.78 is 0. The Labute approximate surface area is 113 Å². The summed E-state index contributed by atoms with van der Waals surface area (Å²) in [5, 5.41) is 0. The minimum absolute atomic E-state index is 0.0193. The van der Waals surface area contributed by atoms with E-state index in [1.807, 2.05) is 55.5 Å². The monoisotopic (exact) mass is 254 g/mol. The molecule has 2 aromatic rings. The van der Waals surface area contributed by atoms with Crippen molar-refractivity contribution in [2.24, 2.45) is 5.73 Å². The number of anilines is 1. The van der Waals surface area contributed by atoms with Crippen molar-refractivity contribution in [3.8, 4) is 0 Å². The molecule has 3 heteroatoms. The van der Waals surface area contributed by atoms with E-state index in [1.54, 1.807) is 11.9 Å². The van der Waals surface area contributed by atoms with Gasteiger partial charge in [0.15, 0.2) is 0 Å². The highest BCUT2D eigenvalue weighted by atomic mass is 16.2. The molecule has 0 atom stereocenters. The first-order valence-electron chi connectivity index (χ1n) is 6.25. The van der Waals surface area contributed by atoms with Crippen LogP contribution >= 0.6 is 0 Å². The van der Waals surface area contributed by atoms with Crippen LogP contribution in [-0.4, -0.2) is 13.0 Å².